The number of nitrogens with zero attached hydrogens (tertiary/aromatic N) is 1. The van der Waals surface area contributed by atoms with Crippen LogP contribution >= 0.6 is 11.8 Å². The Labute approximate surface area is 128 Å². The molecule has 3 aromatic rings. The van der Waals surface area contributed by atoms with Crippen LogP contribution in [0.4, 0.5) is 0 Å². The Morgan fingerprint density at radius 1 is 1.05 bits per heavy atom. The van der Waals surface area contributed by atoms with Gasteiger partial charge in [-0.05, 0) is 37.6 Å². The van der Waals surface area contributed by atoms with Crippen LogP contribution in [-0.2, 0) is 0 Å². The van der Waals surface area contributed by atoms with E-state index < -0.39 is 0 Å². The molecule has 3 rings (SSSR count). The van der Waals surface area contributed by atoms with E-state index in [1.165, 1.54) is 11.1 Å². The smallest absolute Gasteiger partial charge is 0.152 e. The van der Waals surface area contributed by atoms with Crippen LogP contribution in [0, 0.1) is 13.8 Å². The van der Waals surface area contributed by atoms with E-state index in [0.717, 1.165) is 27.1 Å². The molecule has 1 aromatic heterocycles. The first-order chi connectivity index (χ1) is 10.2. The highest BCUT2D eigenvalue weighted by Crippen LogP contribution is 2.32. The van der Waals surface area contributed by atoms with Gasteiger partial charge in [0.05, 0.1) is 5.52 Å². The second kappa shape index (κ2) is 5.70. The summed E-state index contributed by atoms with van der Waals surface area (Å²) >= 11 is 1.55. The fourth-order valence-corrected chi connectivity index (χ4v) is 3.23. The van der Waals surface area contributed by atoms with Crippen LogP contribution in [-0.4, -0.2) is 11.3 Å². The lowest BCUT2D eigenvalue weighted by molar-refractivity contribution is 0.112. The zero-order valence-corrected chi connectivity index (χ0v) is 12.8. The van der Waals surface area contributed by atoms with E-state index in [2.05, 4.69) is 37.0 Å². The van der Waals surface area contributed by atoms with E-state index in [4.69, 9.17) is 0 Å². The van der Waals surface area contributed by atoms with E-state index >= 15 is 0 Å². The van der Waals surface area contributed by atoms with Gasteiger partial charge < -0.3 is 0 Å². The fourth-order valence-electron chi connectivity index (χ4n) is 2.30. The summed E-state index contributed by atoms with van der Waals surface area (Å²) in [6, 6.07) is 16.1. The minimum atomic E-state index is 0.638. The van der Waals surface area contributed by atoms with Crippen molar-refractivity contribution in [3.05, 3.63) is 65.2 Å². The van der Waals surface area contributed by atoms with E-state index in [0.29, 0.717) is 5.56 Å². The standard InChI is InChI=1S/C18H15NOS/c1-12-7-8-17(13(2)9-12)21-18-15(11-20)10-14-5-3-4-6-16(14)19-18/h3-11H,1-2H3. The van der Waals surface area contributed by atoms with Crippen molar-refractivity contribution in [3.8, 4) is 0 Å². The topological polar surface area (TPSA) is 30.0 Å². The van der Waals surface area contributed by atoms with Gasteiger partial charge in [-0.15, -0.1) is 0 Å². The maximum Gasteiger partial charge on any atom is 0.152 e. The van der Waals surface area contributed by atoms with Crippen LogP contribution < -0.4 is 0 Å². The van der Waals surface area contributed by atoms with Crippen LogP contribution in [0.25, 0.3) is 10.9 Å². The molecule has 3 heteroatoms. The molecule has 0 atom stereocenters. The molecule has 0 bridgehead atoms. The highest BCUT2D eigenvalue weighted by molar-refractivity contribution is 7.99. The molecular weight excluding hydrogens is 278 g/mol. The summed E-state index contributed by atoms with van der Waals surface area (Å²) in [6.45, 7) is 4.16. The number of carbonyl (C=O) groups excluding carboxylic acids is 1. The number of aldehydes is 1. The number of pyridine rings is 1. The minimum absolute atomic E-state index is 0.638. The predicted molar refractivity (Wildman–Crippen MR) is 87.2 cm³/mol. The maximum absolute atomic E-state index is 11.3. The average molecular weight is 293 g/mol. The van der Waals surface area contributed by atoms with Crippen molar-refractivity contribution >= 4 is 29.0 Å². The number of carbonyl (C=O) groups is 1. The molecule has 0 aliphatic rings. The number of benzene rings is 2. The van der Waals surface area contributed by atoms with Crippen molar-refractivity contribution < 1.29 is 4.79 Å². The molecule has 0 aliphatic carbocycles. The number of hydrogen-bond acceptors (Lipinski definition) is 3. The number of aryl methyl sites for hydroxylation is 2. The maximum atomic E-state index is 11.3. The van der Waals surface area contributed by atoms with E-state index in [1.54, 1.807) is 11.8 Å². The minimum Gasteiger partial charge on any atom is -0.298 e. The largest absolute Gasteiger partial charge is 0.298 e. The third-order valence-electron chi connectivity index (χ3n) is 3.38. The highest BCUT2D eigenvalue weighted by Gasteiger charge is 2.09. The normalized spacial score (nSPS) is 10.8. The molecule has 0 fully saturated rings. The van der Waals surface area contributed by atoms with E-state index in [-0.39, 0.29) is 0 Å². The zero-order chi connectivity index (χ0) is 14.8. The molecule has 0 spiro atoms. The summed E-state index contributed by atoms with van der Waals surface area (Å²) in [5.41, 5.74) is 3.99. The van der Waals surface area contributed by atoms with Gasteiger partial charge in [0.2, 0.25) is 0 Å². The predicted octanol–water partition coefficient (Wildman–Crippen LogP) is 4.82. The Balaban J connectivity index is 2.08. The number of rotatable bonds is 3. The van der Waals surface area contributed by atoms with Gasteiger partial charge in [0, 0.05) is 15.8 Å². The van der Waals surface area contributed by atoms with Gasteiger partial charge in [0.25, 0.3) is 0 Å². The van der Waals surface area contributed by atoms with E-state index in [1.807, 2.05) is 30.3 Å². The number of hydrogen-bond donors (Lipinski definition) is 0. The van der Waals surface area contributed by atoms with Gasteiger partial charge in [-0.25, -0.2) is 4.98 Å². The summed E-state index contributed by atoms with van der Waals surface area (Å²) in [4.78, 5) is 17.1. The van der Waals surface area contributed by atoms with Crippen LogP contribution in [0.2, 0.25) is 0 Å². The molecule has 0 radical (unpaired) electrons. The Morgan fingerprint density at radius 3 is 2.62 bits per heavy atom. The number of fused-ring (bicyclic) bond motifs is 1. The zero-order valence-electron chi connectivity index (χ0n) is 12.0. The SMILES string of the molecule is Cc1ccc(Sc2nc3ccccc3cc2C=O)c(C)c1. The molecule has 2 aromatic carbocycles. The molecule has 0 N–H and O–H groups in total. The fraction of sp³-hybridized carbons (Fsp3) is 0.111. The van der Waals surface area contributed by atoms with Crippen molar-refractivity contribution in [2.24, 2.45) is 0 Å². The molecule has 104 valence electrons. The molecule has 2 nitrogen and oxygen atoms in total. The lowest BCUT2D eigenvalue weighted by Gasteiger charge is -2.09. The lowest BCUT2D eigenvalue weighted by atomic mass is 10.2. The Morgan fingerprint density at radius 2 is 1.86 bits per heavy atom. The summed E-state index contributed by atoms with van der Waals surface area (Å²) < 4.78 is 0. The van der Waals surface area contributed by atoms with Crippen molar-refractivity contribution in [3.63, 3.8) is 0 Å². The van der Waals surface area contributed by atoms with Crippen molar-refractivity contribution in [2.45, 2.75) is 23.8 Å². The summed E-state index contributed by atoms with van der Waals surface area (Å²) in [5, 5.41) is 1.75. The molecular formula is C18H15NOS. The van der Waals surface area contributed by atoms with E-state index in [9.17, 15) is 4.79 Å². The molecule has 21 heavy (non-hydrogen) atoms. The van der Waals surface area contributed by atoms with Crippen LogP contribution in [0.5, 0.6) is 0 Å². The lowest BCUT2D eigenvalue weighted by Crippen LogP contribution is -1.92. The summed E-state index contributed by atoms with van der Waals surface area (Å²) in [6.07, 6.45) is 0.880. The van der Waals surface area contributed by atoms with Gasteiger partial charge >= 0.3 is 0 Å². The van der Waals surface area contributed by atoms with Crippen molar-refractivity contribution in [1.29, 1.82) is 0 Å². The molecule has 0 aliphatic heterocycles. The monoisotopic (exact) mass is 293 g/mol. The van der Waals surface area contributed by atoms with Gasteiger partial charge in [0.15, 0.2) is 6.29 Å². The number of aromatic nitrogens is 1. The van der Waals surface area contributed by atoms with Crippen LogP contribution in [0.15, 0.2) is 58.5 Å². The first kappa shape index (κ1) is 13.8. The second-order valence-electron chi connectivity index (χ2n) is 5.06. The van der Waals surface area contributed by atoms with Crippen molar-refractivity contribution in [1.82, 2.24) is 4.98 Å². The Hall–Kier alpha value is -2.13. The first-order valence-corrected chi connectivity index (χ1v) is 7.59. The Kier molecular flexibility index (Phi) is 3.76. The Bertz CT molecular complexity index is 827. The second-order valence-corrected chi connectivity index (χ2v) is 6.09. The molecule has 0 saturated heterocycles. The van der Waals surface area contributed by atoms with Gasteiger partial charge in [-0.3, -0.25) is 4.79 Å². The highest BCUT2D eigenvalue weighted by atomic mass is 32.2. The summed E-state index contributed by atoms with van der Waals surface area (Å²) in [5.74, 6) is 0. The molecule has 0 saturated carbocycles. The quantitative estimate of drug-likeness (QED) is 0.649. The first-order valence-electron chi connectivity index (χ1n) is 6.77. The van der Waals surface area contributed by atoms with Crippen LogP contribution in [0.3, 0.4) is 0 Å². The molecule has 0 amide bonds. The number of para-hydroxylation sites is 1. The molecule has 0 unspecified atom stereocenters. The van der Waals surface area contributed by atoms with Gasteiger partial charge in [-0.2, -0.15) is 0 Å². The average Bonchev–Trinajstić information content (AvgIpc) is 2.49. The third kappa shape index (κ3) is 2.83. The van der Waals surface area contributed by atoms with Crippen molar-refractivity contribution in [2.75, 3.05) is 0 Å². The van der Waals surface area contributed by atoms with Gasteiger partial charge in [0.1, 0.15) is 5.03 Å². The van der Waals surface area contributed by atoms with Crippen LogP contribution in [0.1, 0.15) is 21.5 Å². The third-order valence-corrected chi connectivity index (χ3v) is 4.58. The summed E-state index contributed by atoms with van der Waals surface area (Å²) in [7, 11) is 0. The molecule has 1 heterocycles. The van der Waals surface area contributed by atoms with Gasteiger partial charge in [-0.1, -0.05) is 47.7 Å².